The molecular weight excluding hydrogens is 145 g/mol. The van der Waals surface area contributed by atoms with Gasteiger partial charge in [0.15, 0.2) is 5.78 Å². The minimum Gasteiger partial charge on any atom is -0.293 e. The fourth-order valence-electron chi connectivity index (χ4n) is 0.909. The molecular formula is C8H8FNO. The zero-order chi connectivity index (χ0) is 8.43. The van der Waals surface area contributed by atoms with Gasteiger partial charge < -0.3 is 0 Å². The molecule has 11 heavy (non-hydrogen) atoms. The summed E-state index contributed by atoms with van der Waals surface area (Å²) >= 11 is 0. The van der Waals surface area contributed by atoms with Crippen LogP contribution in [0.3, 0.4) is 0 Å². The van der Waals surface area contributed by atoms with Crippen molar-refractivity contribution in [3.05, 3.63) is 29.3 Å². The Hall–Kier alpha value is -1.25. The van der Waals surface area contributed by atoms with Gasteiger partial charge in [-0.3, -0.25) is 4.79 Å². The van der Waals surface area contributed by atoms with E-state index in [0.717, 1.165) is 6.20 Å². The van der Waals surface area contributed by atoms with Crippen LogP contribution < -0.4 is 0 Å². The Bertz CT molecular complexity index is 296. The van der Waals surface area contributed by atoms with Crippen LogP contribution in [0, 0.1) is 12.7 Å². The summed E-state index contributed by atoms with van der Waals surface area (Å²) in [6, 6.07) is 1.30. The van der Waals surface area contributed by atoms with Gasteiger partial charge in [-0.15, -0.1) is 0 Å². The van der Waals surface area contributed by atoms with E-state index in [0.29, 0.717) is 11.3 Å². The minimum absolute atomic E-state index is 0.137. The summed E-state index contributed by atoms with van der Waals surface area (Å²) in [5, 5.41) is 0. The molecule has 1 rings (SSSR count). The molecule has 0 radical (unpaired) electrons. The third kappa shape index (κ3) is 1.61. The van der Waals surface area contributed by atoms with E-state index in [9.17, 15) is 9.18 Å². The van der Waals surface area contributed by atoms with Gasteiger partial charge in [0.25, 0.3) is 0 Å². The predicted octanol–water partition coefficient (Wildman–Crippen LogP) is 1.73. The minimum atomic E-state index is -0.410. The van der Waals surface area contributed by atoms with Crippen molar-refractivity contribution in [1.82, 2.24) is 4.98 Å². The number of Topliss-reactive ketones (excluding diaryl/α,β-unsaturated/α-hetero) is 1. The molecule has 0 aromatic carbocycles. The van der Waals surface area contributed by atoms with Crippen molar-refractivity contribution in [3.8, 4) is 0 Å². The van der Waals surface area contributed by atoms with Crippen molar-refractivity contribution in [2.24, 2.45) is 0 Å². The average Bonchev–Trinajstić information content (AvgIpc) is 1.85. The van der Waals surface area contributed by atoms with E-state index in [-0.39, 0.29) is 5.78 Å². The van der Waals surface area contributed by atoms with Crippen LogP contribution in [0.5, 0.6) is 0 Å². The monoisotopic (exact) mass is 153 g/mol. The Morgan fingerprint density at radius 1 is 1.64 bits per heavy atom. The molecule has 0 fully saturated rings. The van der Waals surface area contributed by atoms with Gasteiger partial charge in [0.05, 0.1) is 6.20 Å². The molecule has 0 saturated carbocycles. The maximum atomic E-state index is 12.4. The number of aryl methyl sites for hydroxylation is 1. The first kappa shape index (κ1) is 7.85. The normalized spacial score (nSPS) is 9.73. The topological polar surface area (TPSA) is 30.0 Å². The molecule has 1 aromatic heterocycles. The summed E-state index contributed by atoms with van der Waals surface area (Å²) in [5.41, 5.74) is 0.920. The number of halogens is 1. The van der Waals surface area contributed by atoms with Crippen LogP contribution >= 0.6 is 0 Å². The van der Waals surface area contributed by atoms with E-state index in [1.165, 1.54) is 13.0 Å². The second kappa shape index (κ2) is 2.78. The molecule has 0 amide bonds. The highest BCUT2D eigenvalue weighted by Gasteiger charge is 2.05. The molecule has 2 nitrogen and oxygen atoms in total. The van der Waals surface area contributed by atoms with Gasteiger partial charge in [-0.05, 0) is 18.6 Å². The standard InChI is InChI=1S/C8H8FNO/c1-5-3-7(9)4-10-8(5)6(2)11/h3-4H,1-2H3. The molecule has 0 aliphatic heterocycles. The number of hydrogen-bond donors (Lipinski definition) is 0. The molecule has 1 heterocycles. The molecule has 0 bridgehead atoms. The summed E-state index contributed by atoms with van der Waals surface area (Å²) in [4.78, 5) is 14.4. The van der Waals surface area contributed by atoms with Crippen LogP contribution in [0.15, 0.2) is 12.3 Å². The van der Waals surface area contributed by atoms with Crippen molar-refractivity contribution >= 4 is 5.78 Å². The SMILES string of the molecule is CC(=O)c1ncc(F)cc1C. The van der Waals surface area contributed by atoms with Crippen LogP contribution in [0.25, 0.3) is 0 Å². The zero-order valence-corrected chi connectivity index (χ0v) is 6.39. The van der Waals surface area contributed by atoms with Gasteiger partial charge in [0, 0.05) is 6.92 Å². The molecule has 58 valence electrons. The van der Waals surface area contributed by atoms with E-state index in [1.807, 2.05) is 0 Å². The van der Waals surface area contributed by atoms with Gasteiger partial charge in [0.2, 0.25) is 0 Å². The lowest BCUT2D eigenvalue weighted by Crippen LogP contribution is -2.00. The molecule has 0 spiro atoms. The van der Waals surface area contributed by atoms with E-state index >= 15 is 0 Å². The lowest BCUT2D eigenvalue weighted by molar-refractivity contribution is 0.101. The molecule has 0 aliphatic carbocycles. The number of aromatic nitrogens is 1. The van der Waals surface area contributed by atoms with Crippen molar-refractivity contribution in [3.63, 3.8) is 0 Å². The number of hydrogen-bond acceptors (Lipinski definition) is 2. The molecule has 0 saturated heterocycles. The van der Waals surface area contributed by atoms with Crippen LogP contribution in [-0.2, 0) is 0 Å². The lowest BCUT2D eigenvalue weighted by Gasteiger charge is -1.98. The van der Waals surface area contributed by atoms with Crippen molar-refractivity contribution in [2.75, 3.05) is 0 Å². The summed E-state index contributed by atoms with van der Waals surface area (Å²) in [7, 11) is 0. The number of nitrogens with zero attached hydrogens (tertiary/aromatic N) is 1. The third-order valence-corrected chi connectivity index (χ3v) is 1.38. The van der Waals surface area contributed by atoms with E-state index in [1.54, 1.807) is 6.92 Å². The van der Waals surface area contributed by atoms with E-state index in [2.05, 4.69) is 4.98 Å². The number of carbonyl (C=O) groups is 1. The van der Waals surface area contributed by atoms with E-state index < -0.39 is 5.82 Å². The fourth-order valence-corrected chi connectivity index (χ4v) is 0.909. The largest absolute Gasteiger partial charge is 0.293 e. The van der Waals surface area contributed by atoms with Gasteiger partial charge >= 0.3 is 0 Å². The van der Waals surface area contributed by atoms with Crippen LogP contribution in [0.1, 0.15) is 23.0 Å². The molecule has 0 unspecified atom stereocenters. The molecule has 3 heteroatoms. The first-order chi connectivity index (χ1) is 5.11. The van der Waals surface area contributed by atoms with Gasteiger partial charge in [-0.25, -0.2) is 9.37 Å². The number of ketones is 1. The van der Waals surface area contributed by atoms with Crippen molar-refractivity contribution in [2.45, 2.75) is 13.8 Å². The zero-order valence-electron chi connectivity index (χ0n) is 6.39. The quantitative estimate of drug-likeness (QED) is 0.575. The van der Waals surface area contributed by atoms with Crippen molar-refractivity contribution in [1.29, 1.82) is 0 Å². The van der Waals surface area contributed by atoms with Gasteiger partial charge in [-0.1, -0.05) is 0 Å². The Balaban J connectivity index is 3.20. The van der Waals surface area contributed by atoms with Crippen LogP contribution in [0.4, 0.5) is 4.39 Å². The molecule has 0 aliphatic rings. The fraction of sp³-hybridized carbons (Fsp3) is 0.250. The summed E-state index contributed by atoms with van der Waals surface area (Å²) in [6.45, 7) is 3.07. The third-order valence-electron chi connectivity index (χ3n) is 1.38. The second-order valence-electron chi connectivity index (χ2n) is 2.38. The highest BCUT2D eigenvalue weighted by molar-refractivity contribution is 5.93. The summed E-state index contributed by atoms with van der Waals surface area (Å²) < 4.78 is 12.4. The highest BCUT2D eigenvalue weighted by Crippen LogP contribution is 2.06. The Morgan fingerprint density at radius 2 is 2.27 bits per heavy atom. The first-order valence-electron chi connectivity index (χ1n) is 3.24. The highest BCUT2D eigenvalue weighted by atomic mass is 19.1. The first-order valence-corrected chi connectivity index (χ1v) is 3.24. The molecule has 1 aromatic rings. The Kier molecular flexibility index (Phi) is 1.98. The molecule has 0 N–H and O–H groups in total. The maximum Gasteiger partial charge on any atom is 0.178 e. The van der Waals surface area contributed by atoms with E-state index in [4.69, 9.17) is 0 Å². The Labute approximate surface area is 64.1 Å². The summed E-state index contributed by atoms with van der Waals surface area (Å²) in [5.74, 6) is -0.546. The Morgan fingerprint density at radius 3 is 2.73 bits per heavy atom. The van der Waals surface area contributed by atoms with Crippen molar-refractivity contribution < 1.29 is 9.18 Å². The molecule has 0 atom stereocenters. The van der Waals surface area contributed by atoms with Gasteiger partial charge in [0.1, 0.15) is 11.5 Å². The summed E-state index contributed by atoms with van der Waals surface area (Å²) in [6.07, 6.45) is 1.05. The lowest BCUT2D eigenvalue weighted by atomic mass is 10.2. The average molecular weight is 153 g/mol. The predicted molar refractivity (Wildman–Crippen MR) is 38.9 cm³/mol. The second-order valence-corrected chi connectivity index (χ2v) is 2.38. The maximum absolute atomic E-state index is 12.4. The van der Waals surface area contributed by atoms with Crippen LogP contribution in [0.2, 0.25) is 0 Å². The number of pyridine rings is 1. The van der Waals surface area contributed by atoms with Gasteiger partial charge in [-0.2, -0.15) is 0 Å². The number of carbonyl (C=O) groups excluding carboxylic acids is 1. The van der Waals surface area contributed by atoms with Crippen LogP contribution in [-0.4, -0.2) is 10.8 Å². The number of rotatable bonds is 1. The smallest absolute Gasteiger partial charge is 0.178 e.